The Morgan fingerprint density at radius 1 is 1.09 bits per heavy atom. The summed E-state index contributed by atoms with van der Waals surface area (Å²) in [6.45, 7) is 1.98. The van der Waals surface area contributed by atoms with Crippen LogP contribution in [0, 0.1) is 0 Å². The Bertz CT molecular complexity index is 727. The van der Waals surface area contributed by atoms with E-state index in [0.29, 0.717) is 5.69 Å². The quantitative estimate of drug-likeness (QED) is 0.491. The van der Waals surface area contributed by atoms with Crippen molar-refractivity contribution in [2.24, 2.45) is 5.10 Å². The molecule has 0 aliphatic heterocycles. The molecule has 2 rings (SSSR count). The lowest BCUT2D eigenvalue weighted by Gasteiger charge is -2.08. The molecule has 0 spiro atoms. The summed E-state index contributed by atoms with van der Waals surface area (Å²) in [5.41, 5.74) is 4.62. The summed E-state index contributed by atoms with van der Waals surface area (Å²) < 4.78 is 0.952. The van der Waals surface area contributed by atoms with Crippen LogP contribution >= 0.6 is 15.9 Å². The van der Waals surface area contributed by atoms with Crippen LogP contribution in [-0.4, -0.2) is 18.0 Å². The highest BCUT2D eigenvalue weighted by Crippen LogP contribution is 2.15. The highest BCUT2D eigenvalue weighted by atomic mass is 79.9. The lowest BCUT2D eigenvalue weighted by atomic mass is 10.1. The number of nitrogens with one attached hydrogen (secondary N) is 2. The molecule has 118 valence electrons. The van der Waals surface area contributed by atoms with Gasteiger partial charge in [0.1, 0.15) is 0 Å². The molecule has 0 fully saturated rings. The molecule has 2 amide bonds. The van der Waals surface area contributed by atoms with E-state index in [4.69, 9.17) is 0 Å². The van der Waals surface area contributed by atoms with E-state index >= 15 is 0 Å². The average molecular weight is 374 g/mol. The third-order valence-electron chi connectivity index (χ3n) is 3.10. The van der Waals surface area contributed by atoms with Crippen molar-refractivity contribution in [2.45, 2.75) is 13.3 Å². The number of amides is 2. The van der Waals surface area contributed by atoms with Gasteiger partial charge in [-0.25, -0.2) is 5.43 Å². The minimum atomic E-state index is -0.815. The third kappa shape index (κ3) is 5.03. The molecule has 2 aromatic rings. The standard InChI is InChI=1S/C17H16BrN3O2/c1-2-13-5-3-4-6-15(13)20-16(22)17(23)21-19-11-12-7-9-14(18)10-8-12/h3-11H,2H2,1H3,(H,20,22)(H,21,23)/b19-11-. The number of aryl methyl sites for hydroxylation is 1. The second kappa shape index (κ2) is 8.24. The fourth-order valence-corrected chi connectivity index (χ4v) is 2.16. The molecule has 2 aromatic carbocycles. The molecule has 0 heterocycles. The SMILES string of the molecule is CCc1ccccc1NC(=O)C(=O)N/N=C\c1ccc(Br)cc1. The Kier molecular flexibility index (Phi) is 6.05. The van der Waals surface area contributed by atoms with Crippen molar-refractivity contribution in [3.05, 3.63) is 64.1 Å². The number of nitrogens with zero attached hydrogens (tertiary/aromatic N) is 1. The van der Waals surface area contributed by atoms with Gasteiger partial charge in [0, 0.05) is 10.2 Å². The molecule has 6 heteroatoms. The Morgan fingerprint density at radius 3 is 2.48 bits per heavy atom. The van der Waals surface area contributed by atoms with Crippen LogP contribution in [0.1, 0.15) is 18.1 Å². The summed E-state index contributed by atoms with van der Waals surface area (Å²) in [5, 5.41) is 6.36. The van der Waals surface area contributed by atoms with Crippen molar-refractivity contribution in [1.82, 2.24) is 5.43 Å². The van der Waals surface area contributed by atoms with Gasteiger partial charge in [-0.05, 0) is 35.7 Å². The van der Waals surface area contributed by atoms with Gasteiger partial charge in [0.05, 0.1) is 6.21 Å². The molecule has 0 bridgehead atoms. The van der Waals surface area contributed by atoms with Gasteiger partial charge in [0.2, 0.25) is 0 Å². The van der Waals surface area contributed by atoms with Crippen LogP contribution in [-0.2, 0) is 16.0 Å². The Balaban J connectivity index is 1.92. The van der Waals surface area contributed by atoms with E-state index in [0.717, 1.165) is 22.0 Å². The molecule has 5 nitrogen and oxygen atoms in total. The number of carbonyl (C=O) groups excluding carboxylic acids is 2. The number of benzene rings is 2. The van der Waals surface area contributed by atoms with E-state index in [1.54, 1.807) is 12.1 Å². The van der Waals surface area contributed by atoms with Crippen molar-refractivity contribution in [1.29, 1.82) is 0 Å². The molecule has 0 aromatic heterocycles. The first-order chi connectivity index (χ1) is 11.1. The molecular weight excluding hydrogens is 358 g/mol. The molecule has 0 saturated carbocycles. The molecule has 0 radical (unpaired) electrons. The van der Waals surface area contributed by atoms with Gasteiger partial charge in [-0.15, -0.1) is 0 Å². The number of carbonyl (C=O) groups is 2. The minimum absolute atomic E-state index is 0.632. The molecule has 23 heavy (non-hydrogen) atoms. The van der Waals surface area contributed by atoms with Gasteiger partial charge in [-0.2, -0.15) is 5.10 Å². The summed E-state index contributed by atoms with van der Waals surface area (Å²) >= 11 is 3.33. The van der Waals surface area contributed by atoms with Crippen LogP contribution < -0.4 is 10.7 Å². The van der Waals surface area contributed by atoms with E-state index in [2.05, 4.69) is 31.8 Å². The molecule has 0 aliphatic carbocycles. The van der Waals surface area contributed by atoms with Gasteiger partial charge in [-0.3, -0.25) is 9.59 Å². The van der Waals surface area contributed by atoms with Crippen LogP contribution in [0.3, 0.4) is 0 Å². The molecule has 2 N–H and O–H groups in total. The van der Waals surface area contributed by atoms with Crippen LogP contribution in [0.15, 0.2) is 58.1 Å². The molecular formula is C17H16BrN3O2. The van der Waals surface area contributed by atoms with Crippen molar-refractivity contribution in [3.63, 3.8) is 0 Å². The first kappa shape index (κ1) is 16.9. The maximum Gasteiger partial charge on any atom is 0.329 e. The van der Waals surface area contributed by atoms with Crippen LogP contribution in [0.2, 0.25) is 0 Å². The monoisotopic (exact) mass is 373 g/mol. The van der Waals surface area contributed by atoms with Crippen molar-refractivity contribution < 1.29 is 9.59 Å². The normalized spacial score (nSPS) is 10.5. The van der Waals surface area contributed by atoms with E-state index in [1.165, 1.54) is 6.21 Å². The van der Waals surface area contributed by atoms with Crippen molar-refractivity contribution >= 4 is 39.6 Å². The van der Waals surface area contributed by atoms with Gasteiger partial charge < -0.3 is 5.32 Å². The fourth-order valence-electron chi connectivity index (χ4n) is 1.89. The number of hydrazone groups is 1. The highest BCUT2D eigenvalue weighted by Gasteiger charge is 2.14. The Morgan fingerprint density at radius 2 is 1.78 bits per heavy atom. The largest absolute Gasteiger partial charge is 0.329 e. The zero-order chi connectivity index (χ0) is 16.7. The van der Waals surface area contributed by atoms with E-state index in [-0.39, 0.29) is 0 Å². The number of hydrogen-bond donors (Lipinski definition) is 2. The number of halogens is 1. The van der Waals surface area contributed by atoms with E-state index in [1.807, 2.05) is 43.3 Å². The highest BCUT2D eigenvalue weighted by molar-refractivity contribution is 9.10. The average Bonchev–Trinajstić information content (AvgIpc) is 2.57. The molecule has 0 unspecified atom stereocenters. The van der Waals surface area contributed by atoms with Gasteiger partial charge in [0.25, 0.3) is 0 Å². The second-order valence-electron chi connectivity index (χ2n) is 4.72. The maximum absolute atomic E-state index is 11.9. The number of para-hydroxylation sites is 1. The maximum atomic E-state index is 11.9. The second-order valence-corrected chi connectivity index (χ2v) is 5.63. The number of rotatable bonds is 4. The Hall–Kier alpha value is -2.47. The van der Waals surface area contributed by atoms with Crippen LogP contribution in [0.5, 0.6) is 0 Å². The third-order valence-corrected chi connectivity index (χ3v) is 3.63. The first-order valence-corrected chi connectivity index (χ1v) is 7.87. The minimum Gasteiger partial charge on any atom is -0.317 e. The summed E-state index contributed by atoms with van der Waals surface area (Å²) in [5.74, 6) is -1.57. The summed E-state index contributed by atoms with van der Waals surface area (Å²) in [6, 6.07) is 14.7. The van der Waals surface area contributed by atoms with Crippen LogP contribution in [0.4, 0.5) is 5.69 Å². The molecule has 0 atom stereocenters. The number of anilines is 1. The van der Waals surface area contributed by atoms with Crippen molar-refractivity contribution in [2.75, 3.05) is 5.32 Å². The van der Waals surface area contributed by atoms with E-state index < -0.39 is 11.8 Å². The molecule has 0 aliphatic rings. The zero-order valence-corrected chi connectivity index (χ0v) is 14.1. The predicted octanol–water partition coefficient (Wildman–Crippen LogP) is 3.10. The smallest absolute Gasteiger partial charge is 0.317 e. The summed E-state index contributed by atoms with van der Waals surface area (Å²) in [4.78, 5) is 23.6. The van der Waals surface area contributed by atoms with Gasteiger partial charge >= 0.3 is 11.8 Å². The lowest BCUT2D eigenvalue weighted by Crippen LogP contribution is -2.32. The Labute approximate surface area is 142 Å². The topological polar surface area (TPSA) is 70.6 Å². The summed E-state index contributed by atoms with van der Waals surface area (Å²) in [6.07, 6.45) is 2.23. The zero-order valence-electron chi connectivity index (χ0n) is 12.5. The van der Waals surface area contributed by atoms with Gasteiger partial charge in [-0.1, -0.05) is 53.2 Å². The van der Waals surface area contributed by atoms with Crippen LogP contribution in [0.25, 0.3) is 0 Å². The first-order valence-electron chi connectivity index (χ1n) is 7.08. The van der Waals surface area contributed by atoms with E-state index in [9.17, 15) is 9.59 Å². The van der Waals surface area contributed by atoms with Gasteiger partial charge in [0.15, 0.2) is 0 Å². The lowest BCUT2D eigenvalue weighted by molar-refractivity contribution is -0.136. The van der Waals surface area contributed by atoms with Crippen molar-refractivity contribution in [3.8, 4) is 0 Å². The predicted molar refractivity (Wildman–Crippen MR) is 94.3 cm³/mol. The molecule has 0 saturated heterocycles. The summed E-state index contributed by atoms with van der Waals surface area (Å²) in [7, 11) is 0. The number of hydrogen-bond acceptors (Lipinski definition) is 3. The fraction of sp³-hybridized carbons (Fsp3) is 0.118.